The molecule has 2 fully saturated rings. The first-order valence-corrected chi connectivity index (χ1v) is 10.5. The Balaban J connectivity index is 1.34. The first kappa shape index (κ1) is 22.4. The van der Waals surface area contributed by atoms with Crippen LogP contribution < -0.4 is 10.2 Å². The summed E-state index contributed by atoms with van der Waals surface area (Å²) in [4.78, 5) is 43.8. The van der Waals surface area contributed by atoms with Gasteiger partial charge in [-0.3, -0.25) is 19.9 Å². The van der Waals surface area contributed by atoms with Crippen molar-refractivity contribution in [1.29, 1.82) is 0 Å². The lowest BCUT2D eigenvalue weighted by Gasteiger charge is -2.27. The average molecular weight is 452 g/mol. The van der Waals surface area contributed by atoms with Crippen molar-refractivity contribution in [2.45, 2.75) is 18.8 Å². The quantitative estimate of drug-likeness (QED) is 0.662. The van der Waals surface area contributed by atoms with Crippen LogP contribution in [0.15, 0.2) is 54.9 Å². The summed E-state index contributed by atoms with van der Waals surface area (Å²) in [6.45, 7) is 1.05. The number of carbonyl (C=O) groups excluding carboxylic acids is 3. The SMILES string of the molecule is O=C(Nc1ccc(N2CCOCC2=O)cc1)O[C@@H]1C[C@@H](O)CN1C(=O)/C=C/c1cccnc1. The van der Waals surface area contributed by atoms with Crippen LogP contribution in [0.2, 0.25) is 0 Å². The number of likely N-dealkylation sites (tertiary alicyclic amines) is 1. The third-order valence-corrected chi connectivity index (χ3v) is 5.27. The Kier molecular flexibility index (Phi) is 6.96. The summed E-state index contributed by atoms with van der Waals surface area (Å²) in [6, 6.07) is 10.3. The maximum Gasteiger partial charge on any atom is 0.413 e. The standard InChI is InChI=1S/C23H24N4O6/c28-19-12-22(27(14-19)20(29)8-3-16-2-1-9-24-13-16)33-23(31)25-17-4-6-18(7-5-17)26-10-11-32-15-21(26)30/h1-9,13,19,22,28H,10-12,14-15H2,(H,25,31)/b8-3+/t19-,22-/m1/s1. The van der Waals surface area contributed by atoms with E-state index in [-0.39, 0.29) is 31.4 Å². The van der Waals surface area contributed by atoms with Gasteiger partial charge in [0.2, 0.25) is 5.91 Å². The van der Waals surface area contributed by atoms with Crippen molar-refractivity contribution in [3.8, 4) is 0 Å². The molecule has 3 heterocycles. The van der Waals surface area contributed by atoms with Crippen molar-refractivity contribution >= 4 is 35.4 Å². The number of β-amino-alcohol motifs (C(OH)–C–C–N with tert-alkyl or cyclic N) is 1. The highest BCUT2D eigenvalue weighted by Gasteiger charge is 2.36. The molecule has 0 bridgehead atoms. The second-order valence-corrected chi connectivity index (χ2v) is 7.63. The van der Waals surface area contributed by atoms with Crippen LogP contribution in [-0.2, 0) is 19.1 Å². The molecule has 2 N–H and O–H groups in total. The topological polar surface area (TPSA) is 121 Å². The Morgan fingerprint density at radius 3 is 2.79 bits per heavy atom. The Hall–Kier alpha value is -3.76. The fourth-order valence-electron chi connectivity index (χ4n) is 3.65. The molecule has 0 radical (unpaired) electrons. The molecule has 0 aliphatic carbocycles. The van der Waals surface area contributed by atoms with Gasteiger partial charge in [-0.25, -0.2) is 4.79 Å². The maximum absolute atomic E-state index is 12.6. The van der Waals surface area contributed by atoms with Gasteiger partial charge in [-0.05, 0) is 42.0 Å². The lowest BCUT2D eigenvalue weighted by molar-refractivity contribution is -0.132. The number of nitrogens with one attached hydrogen (secondary N) is 1. The van der Waals surface area contributed by atoms with Gasteiger partial charge in [-0.15, -0.1) is 0 Å². The molecule has 4 rings (SSSR count). The number of ether oxygens (including phenoxy) is 2. The number of aromatic nitrogens is 1. The molecule has 1 aromatic carbocycles. The fraction of sp³-hybridized carbons (Fsp3) is 0.304. The van der Waals surface area contributed by atoms with Gasteiger partial charge in [0.25, 0.3) is 5.91 Å². The zero-order valence-corrected chi connectivity index (χ0v) is 17.8. The number of benzene rings is 1. The zero-order chi connectivity index (χ0) is 23.2. The molecule has 2 saturated heterocycles. The summed E-state index contributed by atoms with van der Waals surface area (Å²) in [5, 5.41) is 12.6. The van der Waals surface area contributed by atoms with Crippen LogP contribution in [0.1, 0.15) is 12.0 Å². The monoisotopic (exact) mass is 452 g/mol. The van der Waals surface area contributed by atoms with Gasteiger partial charge >= 0.3 is 6.09 Å². The van der Waals surface area contributed by atoms with Gasteiger partial charge in [-0.2, -0.15) is 0 Å². The molecule has 33 heavy (non-hydrogen) atoms. The van der Waals surface area contributed by atoms with Crippen LogP contribution in [0.3, 0.4) is 0 Å². The number of carbonyl (C=O) groups is 3. The number of pyridine rings is 1. The number of hydrogen-bond acceptors (Lipinski definition) is 7. The number of aliphatic hydroxyl groups excluding tert-OH is 1. The highest BCUT2D eigenvalue weighted by Crippen LogP contribution is 2.22. The lowest BCUT2D eigenvalue weighted by atomic mass is 10.2. The summed E-state index contributed by atoms with van der Waals surface area (Å²) in [7, 11) is 0. The molecular weight excluding hydrogens is 428 g/mol. The first-order valence-electron chi connectivity index (χ1n) is 10.5. The number of hydrogen-bond donors (Lipinski definition) is 2. The molecule has 2 atom stereocenters. The van der Waals surface area contributed by atoms with Gasteiger partial charge in [-0.1, -0.05) is 6.07 Å². The molecule has 0 unspecified atom stereocenters. The van der Waals surface area contributed by atoms with E-state index in [1.165, 1.54) is 11.0 Å². The number of rotatable bonds is 5. The molecule has 0 saturated carbocycles. The van der Waals surface area contributed by atoms with Crippen molar-refractivity contribution in [2.24, 2.45) is 0 Å². The van der Waals surface area contributed by atoms with Crippen molar-refractivity contribution in [1.82, 2.24) is 9.88 Å². The van der Waals surface area contributed by atoms with E-state index in [0.29, 0.717) is 24.5 Å². The van der Waals surface area contributed by atoms with Crippen molar-refractivity contribution in [2.75, 3.05) is 36.5 Å². The van der Waals surface area contributed by atoms with Gasteiger partial charge < -0.3 is 24.4 Å². The van der Waals surface area contributed by atoms with Gasteiger partial charge in [0.1, 0.15) is 6.61 Å². The molecule has 3 amide bonds. The second kappa shape index (κ2) is 10.2. The third kappa shape index (κ3) is 5.73. The zero-order valence-electron chi connectivity index (χ0n) is 17.8. The van der Waals surface area contributed by atoms with Crippen LogP contribution in [0, 0.1) is 0 Å². The Labute approximate surface area is 190 Å². The van der Waals surface area contributed by atoms with Crippen molar-refractivity contribution < 1.29 is 29.0 Å². The molecule has 1 aromatic heterocycles. The minimum Gasteiger partial charge on any atom is -0.425 e. The van der Waals surface area contributed by atoms with Crippen LogP contribution in [0.25, 0.3) is 6.08 Å². The summed E-state index contributed by atoms with van der Waals surface area (Å²) in [5.74, 6) is -0.503. The van der Waals surface area contributed by atoms with E-state index in [2.05, 4.69) is 10.3 Å². The number of nitrogens with zero attached hydrogens (tertiary/aromatic N) is 3. The molecule has 2 aliphatic rings. The smallest absolute Gasteiger partial charge is 0.413 e. The van der Waals surface area contributed by atoms with Crippen LogP contribution in [0.4, 0.5) is 16.2 Å². The number of morpholine rings is 1. The normalized spacial score (nSPS) is 20.8. The minimum atomic E-state index is -0.892. The van der Waals surface area contributed by atoms with E-state index in [4.69, 9.17) is 9.47 Å². The predicted molar refractivity (Wildman–Crippen MR) is 119 cm³/mol. The minimum absolute atomic E-state index is 0.0478. The Bertz CT molecular complexity index is 1030. The average Bonchev–Trinajstić information content (AvgIpc) is 3.19. The van der Waals surface area contributed by atoms with Crippen LogP contribution >= 0.6 is 0 Å². The molecular formula is C23H24N4O6. The van der Waals surface area contributed by atoms with E-state index >= 15 is 0 Å². The van der Waals surface area contributed by atoms with Gasteiger partial charge in [0.15, 0.2) is 6.23 Å². The second-order valence-electron chi connectivity index (χ2n) is 7.63. The summed E-state index contributed by atoms with van der Waals surface area (Å²) in [5.41, 5.74) is 1.93. The molecule has 10 nitrogen and oxygen atoms in total. The first-order chi connectivity index (χ1) is 16.0. The molecule has 0 spiro atoms. The van der Waals surface area contributed by atoms with Crippen LogP contribution in [-0.4, -0.2) is 71.5 Å². The highest BCUT2D eigenvalue weighted by molar-refractivity contribution is 5.95. The summed E-state index contributed by atoms with van der Waals surface area (Å²) >= 11 is 0. The molecule has 2 aliphatic heterocycles. The molecule has 172 valence electrons. The largest absolute Gasteiger partial charge is 0.425 e. The Morgan fingerprint density at radius 1 is 1.24 bits per heavy atom. The van der Waals surface area contributed by atoms with E-state index < -0.39 is 18.4 Å². The lowest BCUT2D eigenvalue weighted by Crippen LogP contribution is -2.41. The van der Waals surface area contributed by atoms with Gasteiger partial charge in [0, 0.05) is 42.8 Å². The molecule has 2 aromatic rings. The third-order valence-electron chi connectivity index (χ3n) is 5.27. The van der Waals surface area contributed by atoms with E-state index in [1.807, 2.05) is 0 Å². The maximum atomic E-state index is 12.6. The number of anilines is 2. The van der Waals surface area contributed by atoms with E-state index in [1.54, 1.807) is 59.8 Å². The Morgan fingerprint density at radius 2 is 2.06 bits per heavy atom. The van der Waals surface area contributed by atoms with Crippen LogP contribution in [0.5, 0.6) is 0 Å². The van der Waals surface area contributed by atoms with E-state index in [0.717, 1.165) is 5.56 Å². The molecule has 10 heteroatoms. The fourth-order valence-corrected chi connectivity index (χ4v) is 3.65. The van der Waals surface area contributed by atoms with Crippen molar-refractivity contribution in [3.05, 3.63) is 60.4 Å². The predicted octanol–water partition coefficient (Wildman–Crippen LogP) is 1.63. The van der Waals surface area contributed by atoms with Gasteiger partial charge in [0.05, 0.1) is 19.3 Å². The summed E-state index contributed by atoms with van der Waals surface area (Å²) < 4.78 is 10.5. The highest BCUT2D eigenvalue weighted by atomic mass is 16.6. The number of amides is 3. The van der Waals surface area contributed by atoms with Crippen molar-refractivity contribution in [3.63, 3.8) is 0 Å². The summed E-state index contributed by atoms with van der Waals surface area (Å²) in [6.07, 6.45) is 3.90. The number of aliphatic hydroxyl groups is 1. The van der Waals surface area contributed by atoms with E-state index in [9.17, 15) is 19.5 Å².